The van der Waals surface area contributed by atoms with E-state index in [2.05, 4.69) is 5.32 Å². The summed E-state index contributed by atoms with van der Waals surface area (Å²) in [6.07, 6.45) is 1.06. The number of para-hydroxylation sites is 1. The number of aromatic carboxylic acids is 1. The predicted octanol–water partition coefficient (Wildman–Crippen LogP) is 3.82. The van der Waals surface area contributed by atoms with Gasteiger partial charge in [0.2, 0.25) is 0 Å². The lowest BCUT2D eigenvalue weighted by Gasteiger charge is -2.20. The highest BCUT2D eigenvalue weighted by Gasteiger charge is 2.23. The Bertz CT molecular complexity index is 750. The normalized spacial score (nSPS) is 11.8. The van der Waals surface area contributed by atoms with Crippen LogP contribution in [-0.2, 0) is 6.42 Å². The van der Waals surface area contributed by atoms with Gasteiger partial charge in [0.1, 0.15) is 17.1 Å². The molecule has 0 aliphatic rings. The molecule has 0 saturated heterocycles. The maximum Gasteiger partial charge on any atom is 0.339 e. The topological polar surface area (TPSA) is 88.8 Å². The minimum absolute atomic E-state index is 0.00147. The zero-order chi connectivity index (χ0) is 18.4. The summed E-state index contributed by atoms with van der Waals surface area (Å²) in [4.78, 5) is 23.7. The number of ether oxygens (including phenoxy) is 1. The van der Waals surface area contributed by atoms with E-state index >= 15 is 0 Å². The second-order valence-corrected chi connectivity index (χ2v) is 5.51. The zero-order valence-corrected chi connectivity index (χ0v) is 14.7. The van der Waals surface area contributed by atoms with Crippen molar-refractivity contribution in [2.75, 3.05) is 6.61 Å². The summed E-state index contributed by atoms with van der Waals surface area (Å²) in [5.41, 5.74) is 0.899. The Balaban J connectivity index is 2.25. The number of carboxylic acid groups (broad SMARTS) is 1. The molecule has 0 radical (unpaired) electrons. The largest absolute Gasteiger partial charge is 0.494 e. The molecule has 2 aromatic rings. The molecule has 0 aliphatic carbocycles. The Labute approximate surface area is 146 Å². The standard InChI is InChI=1S/C19H23NO5/c1-4-14(12-9-7-8-10-16(12)24-6-3)20-18(21)17-11-13(19(22)23)15(5-2)25-17/h7-11,14H,4-6H2,1-3H3,(H,20,21)(H,22,23). The SMILES string of the molecule is CCOc1ccccc1C(CC)NC(=O)c1cc(C(=O)O)c(CC)o1. The highest BCUT2D eigenvalue weighted by Crippen LogP contribution is 2.28. The van der Waals surface area contributed by atoms with Crippen LogP contribution in [-0.4, -0.2) is 23.6 Å². The number of benzene rings is 1. The van der Waals surface area contributed by atoms with Gasteiger partial charge in [-0.15, -0.1) is 0 Å². The van der Waals surface area contributed by atoms with Crippen molar-refractivity contribution >= 4 is 11.9 Å². The van der Waals surface area contributed by atoms with Crippen LogP contribution < -0.4 is 10.1 Å². The number of hydrogen-bond donors (Lipinski definition) is 2. The molecular formula is C19H23NO5. The van der Waals surface area contributed by atoms with E-state index in [-0.39, 0.29) is 17.4 Å². The minimum atomic E-state index is -1.10. The van der Waals surface area contributed by atoms with Crippen LogP contribution in [0.4, 0.5) is 0 Å². The molecule has 2 N–H and O–H groups in total. The Morgan fingerprint density at radius 2 is 1.96 bits per heavy atom. The van der Waals surface area contributed by atoms with Gasteiger partial charge in [-0.2, -0.15) is 0 Å². The lowest BCUT2D eigenvalue weighted by atomic mass is 10.0. The summed E-state index contributed by atoms with van der Waals surface area (Å²) in [5, 5.41) is 12.1. The highest BCUT2D eigenvalue weighted by molar-refractivity contribution is 5.96. The monoisotopic (exact) mass is 345 g/mol. The van der Waals surface area contributed by atoms with Gasteiger partial charge < -0.3 is 19.6 Å². The molecule has 0 spiro atoms. The number of amides is 1. The summed E-state index contributed by atoms with van der Waals surface area (Å²) in [6.45, 7) is 6.16. The first-order chi connectivity index (χ1) is 12.0. The molecule has 1 aromatic heterocycles. The van der Waals surface area contributed by atoms with E-state index in [1.165, 1.54) is 6.07 Å². The summed E-state index contributed by atoms with van der Waals surface area (Å²) in [5.74, 6) is -0.534. The van der Waals surface area contributed by atoms with Gasteiger partial charge in [0.05, 0.1) is 12.6 Å². The molecule has 1 aromatic carbocycles. The van der Waals surface area contributed by atoms with Crippen molar-refractivity contribution in [3.63, 3.8) is 0 Å². The fourth-order valence-electron chi connectivity index (χ4n) is 2.67. The van der Waals surface area contributed by atoms with Gasteiger partial charge in [0, 0.05) is 18.1 Å². The Kier molecular flexibility index (Phi) is 6.22. The number of aryl methyl sites for hydroxylation is 1. The van der Waals surface area contributed by atoms with Crippen LogP contribution in [0.5, 0.6) is 5.75 Å². The fourth-order valence-corrected chi connectivity index (χ4v) is 2.67. The van der Waals surface area contributed by atoms with Gasteiger partial charge in [-0.1, -0.05) is 32.0 Å². The van der Waals surface area contributed by atoms with Crippen molar-refractivity contribution in [2.45, 2.75) is 39.7 Å². The Morgan fingerprint density at radius 3 is 2.52 bits per heavy atom. The average molecular weight is 345 g/mol. The van der Waals surface area contributed by atoms with Crippen LogP contribution in [0.15, 0.2) is 34.7 Å². The molecule has 6 heteroatoms. The van der Waals surface area contributed by atoms with Crippen molar-refractivity contribution in [1.29, 1.82) is 0 Å². The second kappa shape index (κ2) is 8.37. The zero-order valence-electron chi connectivity index (χ0n) is 14.7. The first-order valence-electron chi connectivity index (χ1n) is 8.40. The fraction of sp³-hybridized carbons (Fsp3) is 0.368. The number of carboxylic acids is 1. The van der Waals surface area contributed by atoms with Crippen molar-refractivity contribution in [3.05, 3.63) is 53.0 Å². The molecule has 0 fully saturated rings. The molecule has 1 unspecified atom stereocenters. The van der Waals surface area contributed by atoms with E-state index in [0.29, 0.717) is 25.2 Å². The van der Waals surface area contributed by atoms with Crippen molar-refractivity contribution in [2.24, 2.45) is 0 Å². The van der Waals surface area contributed by atoms with E-state index in [1.54, 1.807) is 6.92 Å². The Hall–Kier alpha value is -2.76. The van der Waals surface area contributed by atoms with Gasteiger partial charge in [0.15, 0.2) is 5.76 Å². The lowest BCUT2D eigenvalue weighted by molar-refractivity contribution is 0.0694. The third-order valence-electron chi connectivity index (χ3n) is 3.89. The van der Waals surface area contributed by atoms with E-state index < -0.39 is 11.9 Å². The molecule has 1 amide bonds. The molecule has 0 saturated carbocycles. The molecule has 134 valence electrons. The number of hydrogen-bond acceptors (Lipinski definition) is 4. The van der Waals surface area contributed by atoms with Crippen molar-refractivity contribution < 1.29 is 23.8 Å². The third-order valence-corrected chi connectivity index (χ3v) is 3.89. The minimum Gasteiger partial charge on any atom is -0.494 e. The van der Waals surface area contributed by atoms with Gasteiger partial charge in [0.25, 0.3) is 5.91 Å². The summed E-state index contributed by atoms with van der Waals surface area (Å²) in [6, 6.07) is 8.54. The number of rotatable bonds is 8. The van der Waals surface area contributed by atoms with E-state index in [0.717, 1.165) is 11.3 Å². The number of carbonyl (C=O) groups excluding carboxylic acids is 1. The van der Waals surface area contributed by atoms with Gasteiger partial charge in [-0.25, -0.2) is 4.79 Å². The van der Waals surface area contributed by atoms with Crippen LogP contribution in [0.3, 0.4) is 0 Å². The first-order valence-corrected chi connectivity index (χ1v) is 8.40. The molecule has 25 heavy (non-hydrogen) atoms. The first kappa shape index (κ1) is 18.6. The van der Waals surface area contributed by atoms with Crippen molar-refractivity contribution in [1.82, 2.24) is 5.32 Å². The lowest BCUT2D eigenvalue weighted by Crippen LogP contribution is -2.28. The maximum absolute atomic E-state index is 12.5. The predicted molar refractivity (Wildman–Crippen MR) is 93.2 cm³/mol. The second-order valence-electron chi connectivity index (χ2n) is 5.51. The third kappa shape index (κ3) is 4.21. The Morgan fingerprint density at radius 1 is 1.24 bits per heavy atom. The molecule has 1 atom stereocenters. The maximum atomic E-state index is 12.5. The quantitative estimate of drug-likeness (QED) is 0.759. The molecular weight excluding hydrogens is 322 g/mol. The van der Waals surface area contributed by atoms with E-state index in [4.69, 9.17) is 9.15 Å². The van der Waals surface area contributed by atoms with Gasteiger partial charge in [-0.3, -0.25) is 4.79 Å². The molecule has 2 rings (SSSR count). The molecule has 6 nitrogen and oxygen atoms in total. The van der Waals surface area contributed by atoms with E-state index in [1.807, 2.05) is 38.1 Å². The molecule has 0 aliphatic heterocycles. The van der Waals surface area contributed by atoms with Gasteiger partial charge >= 0.3 is 5.97 Å². The smallest absolute Gasteiger partial charge is 0.339 e. The number of furan rings is 1. The molecule has 1 heterocycles. The van der Waals surface area contributed by atoms with Crippen LogP contribution in [0, 0.1) is 0 Å². The van der Waals surface area contributed by atoms with Crippen LogP contribution >= 0.6 is 0 Å². The summed E-state index contributed by atoms with van der Waals surface area (Å²) >= 11 is 0. The summed E-state index contributed by atoms with van der Waals surface area (Å²) in [7, 11) is 0. The van der Waals surface area contributed by atoms with Crippen LogP contribution in [0.1, 0.15) is 65.5 Å². The highest BCUT2D eigenvalue weighted by atomic mass is 16.5. The number of nitrogens with one attached hydrogen (secondary N) is 1. The van der Waals surface area contributed by atoms with Crippen molar-refractivity contribution in [3.8, 4) is 5.75 Å². The average Bonchev–Trinajstić information content (AvgIpc) is 3.05. The summed E-state index contributed by atoms with van der Waals surface area (Å²) < 4.78 is 11.0. The van der Waals surface area contributed by atoms with Crippen LogP contribution in [0.2, 0.25) is 0 Å². The molecule has 0 bridgehead atoms. The number of carbonyl (C=O) groups is 2. The van der Waals surface area contributed by atoms with Gasteiger partial charge in [-0.05, 0) is 19.4 Å². The van der Waals surface area contributed by atoms with E-state index in [9.17, 15) is 14.7 Å². The van der Waals surface area contributed by atoms with Crippen LogP contribution in [0.25, 0.3) is 0 Å².